The number of guanidine groups is 1. The van der Waals surface area contributed by atoms with Crippen LogP contribution in [0.5, 0.6) is 0 Å². The van der Waals surface area contributed by atoms with Gasteiger partial charge in [0.05, 0.1) is 18.3 Å². The van der Waals surface area contributed by atoms with E-state index >= 15 is 0 Å². The highest BCUT2D eigenvalue weighted by molar-refractivity contribution is 5.79. The number of oxazole rings is 1. The zero-order valence-corrected chi connectivity index (χ0v) is 14.4. The van der Waals surface area contributed by atoms with Crippen LogP contribution >= 0.6 is 0 Å². The van der Waals surface area contributed by atoms with Crippen LogP contribution in [0.25, 0.3) is 0 Å². The lowest BCUT2D eigenvalue weighted by Gasteiger charge is -2.22. The van der Waals surface area contributed by atoms with Crippen LogP contribution in [0.2, 0.25) is 0 Å². The van der Waals surface area contributed by atoms with E-state index in [1.165, 1.54) is 0 Å². The molecule has 1 saturated heterocycles. The van der Waals surface area contributed by atoms with E-state index in [1.807, 2.05) is 13.8 Å². The summed E-state index contributed by atoms with van der Waals surface area (Å²) in [5.41, 5.74) is 0.926. The first-order valence-electron chi connectivity index (χ1n) is 8.26. The first kappa shape index (κ1) is 17.7. The average Bonchev–Trinajstić information content (AvgIpc) is 2.89. The Bertz CT molecular complexity index is 476. The number of rotatable bonds is 7. The first-order chi connectivity index (χ1) is 11.2. The van der Waals surface area contributed by atoms with E-state index in [4.69, 9.17) is 13.9 Å². The van der Waals surface area contributed by atoms with E-state index in [0.717, 1.165) is 63.0 Å². The minimum Gasteiger partial charge on any atom is -0.444 e. The number of aliphatic imine (C=N–C) groups is 1. The Balaban J connectivity index is 1.57. The number of ether oxygens (including phenoxy) is 2. The molecule has 1 aliphatic rings. The molecule has 0 amide bonds. The summed E-state index contributed by atoms with van der Waals surface area (Å²) in [6.07, 6.45) is 3.31. The summed E-state index contributed by atoms with van der Waals surface area (Å²) in [6.45, 7) is 7.58. The molecule has 1 aromatic rings. The number of hydrogen-bond donors (Lipinski definition) is 2. The third kappa shape index (κ3) is 6.19. The number of aromatic nitrogens is 1. The molecule has 7 nitrogen and oxygen atoms in total. The topological polar surface area (TPSA) is 80.9 Å². The SMILES string of the molecule is CN=C(NCCCOC1CCOCC1)NCc1nc(C)c(C)o1. The summed E-state index contributed by atoms with van der Waals surface area (Å²) in [7, 11) is 1.75. The van der Waals surface area contributed by atoms with Crippen molar-refractivity contribution in [2.45, 2.75) is 45.8 Å². The fourth-order valence-corrected chi connectivity index (χ4v) is 2.37. The van der Waals surface area contributed by atoms with Gasteiger partial charge in [-0.25, -0.2) is 4.98 Å². The van der Waals surface area contributed by atoms with Gasteiger partial charge in [-0.15, -0.1) is 0 Å². The van der Waals surface area contributed by atoms with Crippen LogP contribution < -0.4 is 10.6 Å². The monoisotopic (exact) mass is 324 g/mol. The molecule has 7 heteroatoms. The highest BCUT2D eigenvalue weighted by Gasteiger charge is 2.13. The van der Waals surface area contributed by atoms with Crippen molar-refractivity contribution < 1.29 is 13.9 Å². The maximum absolute atomic E-state index is 5.84. The van der Waals surface area contributed by atoms with Crippen molar-refractivity contribution in [3.05, 3.63) is 17.3 Å². The van der Waals surface area contributed by atoms with Gasteiger partial charge in [-0.1, -0.05) is 0 Å². The Labute approximate surface area is 137 Å². The van der Waals surface area contributed by atoms with E-state index in [9.17, 15) is 0 Å². The van der Waals surface area contributed by atoms with Crippen molar-refractivity contribution in [2.24, 2.45) is 4.99 Å². The Kier molecular flexibility index (Phi) is 7.35. The Hall–Kier alpha value is -1.60. The molecule has 0 saturated carbocycles. The second-order valence-corrected chi connectivity index (χ2v) is 5.64. The van der Waals surface area contributed by atoms with Crippen molar-refractivity contribution in [3.8, 4) is 0 Å². The van der Waals surface area contributed by atoms with Crippen LogP contribution in [-0.2, 0) is 16.0 Å². The predicted octanol–water partition coefficient (Wildman–Crippen LogP) is 1.54. The summed E-state index contributed by atoms with van der Waals surface area (Å²) >= 11 is 0. The normalized spacial score (nSPS) is 16.6. The second kappa shape index (κ2) is 9.52. The van der Waals surface area contributed by atoms with Crippen molar-refractivity contribution in [1.29, 1.82) is 0 Å². The number of nitrogens with zero attached hydrogens (tertiary/aromatic N) is 2. The molecule has 0 aromatic carbocycles. The summed E-state index contributed by atoms with van der Waals surface area (Å²) in [5.74, 6) is 2.27. The van der Waals surface area contributed by atoms with E-state index < -0.39 is 0 Å². The highest BCUT2D eigenvalue weighted by Crippen LogP contribution is 2.10. The van der Waals surface area contributed by atoms with Gasteiger partial charge in [0.25, 0.3) is 0 Å². The summed E-state index contributed by atoms with van der Waals surface area (Å²) in [4.78, 5) is 8.52. The standard InChI is InChI=1S/C16H28N4O3/c1-12-13(2)23-15(20-12)11-19-16(17-3)18-7-4-8-22-14-5-9-21-10-6-14/h14H,4-11H2,1-3H3,(H2,17,18,19). The molecule has 2 N–H and O–H groups in total. The summed E-state index contributed by atoms with van der Waals surface area (Å²) in [5, 5.41) is 6.46. The largest absolute Gasteiger partial charge is 0.444 e. The molecule has 2 heterocycles. The lowest BCUT2D eigenvalue weighted by atomic mass is 10.1. The van der Waals surface area contributed by atoms with Gasteiger partial charge in [0.2, 0.25) is 5.89 Å². The van der Waals surface area contributed by atoms with E-state index in [1.54, 1.807) is 7.05 Å². The van der Waals surface area contributed by atoms with Crippen LogP contribution in [0.1, 0.15) is 36.6 Å². The molecule has 2 rings (SSSR count). The number of nitrogens with one attached hydrogen (secondary N) is 2. The number of aryl methyl sites for hydroxylation is 2. The molecule has 0 bridgehead atoms. The molecule has 0 atom stereocenters. The Morgan fingerprint density at radius 1 is 1.30 bits per heavy atom. The Morgan fingerprint density at radius 2 is 2.09 bits per heavy atom. The minimum absolute atomic E-state index is 0.359. The van der Waals surface area contributed by atoms with Gasteiger partial charge >= 0.3 is 0 Å². The zero-order valence-electron chi connectivity index (χ0n) is 14.4. The van der Waals surface area contributed by atoms with Crippen LogP contribution in [-0.4, -0.2) is 50.5 Å². The fourth-order valence-electron chi connectivity index (χ4n) is 2.37. The van der Waals surface area contributed by atoms with Crippen LogP contribution in [0.4, 0.5) is 0 Å². The smallest absolute Gasteiger partial charge is 0.214 e. The van der Waals surface area contributed by atoms with E-state index in [0.29, 0.717) is 18.5 Å². The van der Waals surface area contributed by atoms with Gasteiger partial charge in [-0.05, 0) is 33.1 Å². The van der Waals surface area contributed by atoms with Crippen LogP contribution in [0, 0.1) is 13.8 Å². The maximum Gasteiger partial charge on any atom is 0.214 e. The first-order valence-corrected chi connectivity index (χ1v) is 8.26. The molecular weight excluding hydrogens is 296 g/mol. The van der Waals surface area contributed by atoms with Crippen LogP contribution in [0.15, 0.2) is 9.41 Å². The van der Waals surface area contributed by atoms with Crippen molar-refractivity contribution in [1.82, 2.24) is 15.6 Å². The lowest BCUT2D eigenvalue weighted by Crippen LogP contribution is -2.37. The predicted molar refractivity (Wildman–Crippen MR) is 88.6 cm³/mol. The third-order valence-corrected chi connectivity index (χ3v) is 3.84. The van der Waals surface area contributed by atoms with E-state index in [-0.39, 0.29) is 0 Å². The average molecular weight is 324 g/mol. The molecule has 23 heavy (non-hydrogen) atoms. The molecule has 0 radical (unpaired) electrons. The molecular formula is C16H28N4O3. The summed E-state index contributed by atoms with van der Waals surface area (Å²) < 4.78 is 16.7. The molecule has 1 fully saturated rings. The quantitative estimate of drug-likeness (QED) is 0.450. The van der Waals surface area contributed by atoms with Gasteiger partial charge in [-0.3, -0.25) is 4.99 Å². The van der Waals surface area contributed by atoms with Gasteiger partial charge in [0.1, 0.15) is 5.76 Å². The molecule has 0 aliphatic carbocycles. The molecule has 0 unspecified atom stereocenters. The van der Waals surface area contributed by atoms with Crippen molar-refractivity contribution in [3.63, 3.8) is 0 Å². The van der Waals surface area contributed by atoms with Crippen molar-refractivity contribution in [2.75, 3.05) is 33.4 Å². The lowest BCUT2D eigenvalue weighted by molar-refractivity contribution is -0.0320. The highest BCUT2D eigenvalue weighted by atomic mass is 16.5. The third-order valence-electron chi connectivity index (χ3n) is 3.84. The van der Waals surface area contributed by atoms with Crippen LogP contribution in [0.3, 0.4) is 0 Å². The second-order valence-electron chi connectivity index (χ2n) is 5.64. The Morgan fingerprint density at radius 3 is 2.74 bits per heavy atom. The van der Waals surface area contributed by atoms with Gasteiger partial charge in [0.15, 0.2) is 5.96 Å². The molecule has 130 valence electrons. The maximum atomic E-state index is 5.84. The number of hydrogen-bond acceptors (Lipinski definition) is 5. The van der Waals surface area contributed by atoms with Gasteiger partial charge in [0, 0.05) is 33.4 Å². The zero-order chi connectivity index (χ0) is 16.5. The minimum atomic E-state index is 0.359. The van der Waals surface area contributed by atoms with Crippen molar-refractivity contribution >= 4 is 5.96 Å². The summed E-state index contributed by atoms with van der Waals surface area (Å²) in [6, 6.07) is 0. The molecule has 1 aliphatic heterocycles. The van der Waals surface area contributed by atoms with E-state index in [2.05, 4.69) is 20.6 Å². The van der Waals surface area contributed by atoms with Gasteiger partial charge < -0.3 is 24.5 Å². The molecule has 1 aromatic heterocycles. The van der Waals surface area contributed by atoms with Gasteiger partial charge in [-0.2, -0.15) is 0 Å². The fraction of sp³-hybridized carbons (Fsp3) is 0.750. The molecule has 0 spiro atoms.